The number of nitrogens with one attached hydrogen (secondary N) is 1. The molecule has 1 atom stereocenters. The molecule has 1 aliphatic rings. The van der Waals surface area contributed by atoms with Crippen LogP contribution >= 0.6 is 0 Å². The van der Waals surface area contributed by atoms with Crippen LogP contribution in [0.2, 0.25) is 0 Å². The maximum absolute atomic E-state index is 12.6. The average Bonchev–Trinajstić information content (AvgIpc) is 3.50. The van der Waals surface area contributed by atoms with Crippen LogP contribution in [0.5, 0.6) is 0 Å². The van der Waals surface area contributed by atoms with E-state index in [1.54, 1.807) is 36.7 Å². The summed E-state index contributed by atoms with van der Waals surface area (Å²) in [5.74, 6) is 0.792. The van der Waals surface area contributed by atoms with E-state index in [-0.39, 0.29) is 17.7 Å². The van der Waals surface area contributed by atoms with E-state index in [9.17, 15) is 9.59 Å². The number of pyridine rings is 1. The molecule has 0 aliphatic carbocycles. The van der Waals surface area contributed by atoms with Crippen molar-refractivity contribution in [1.82, 2.24) is 19.3 Å². The molecule has 170 valence electrons. The highest BCUT2D eigenvalue weighted by atomic mass is 16.2. The maximum atomic E-state index is 12.6. The topological polar surface area (TPSA) is 106 Å². The lowest BCUT2D eigenvalue weighted by atomic mass is 9.98. The molecular formula is C26H24N6O2. The second kappa shape index (κ2) is 8.82. The predicted octanol–water partition coefficient (Wildman–Crippen LogP) is 3.73. The third-order valence-electron chi connectivity index (χ3n) is 6.20. The lowest BCUT2D eigenvalue weighted by Gasteiger charge is -2.14. The highest BCUT2D eigenvalue weighted by Gasteiger charge is 2.29. The molecule has 1 aromatic carbocycles. The molecule has 0 saturated carbocycles. The molecule has 1 saturated heterocycles. The van der Waals surface area contributed by atoms with E-state index in [0.717, 1.165) is 28.8 Å². The number of carbonyl (C=O) groups excluding carboxylic acids is 2. The van der Waals surface area contributed by atoms with Crippen LogP contribution in [-0.2, 0) is 4.79 Å². The monoisotopic (exact) mass is 452 g/mol. The number of amides is 2. The average molecular weight is 453 g/mol. The van der Waals surface area contributed by atoms with Gasteiger partial charge in [-0.15, -0.1) is 0 Å². The number of aromatic nitrogens is 3. The molecular weight excluding hydrogens is 428 g/mol. The summed E-state index contributed by atoms with van der Waals surface area (Å²) < 4.78 is 1.93. The molecule has 4 heterocycles. The van der Waals surface area contributed by atoms with E-state index in [0.29, 0.717) is 30.4 Å². The first kappa shape index (κ1) is 21.4. The molecule has 1 aliphatic heterocycles. The number of nitrogen functional groups attached to an aromatic ring is 1. The van der Waals surface area contributed by atoms with Gasteiger partial charge < -0.3 is 16.0 Å². The van der Waals surface area contributed by atoms with Crippen molar-refractivity contribution in [2.24, 2.45) is 0 Å². The number of nitrogens with zero attached hydrogens (tertiary/aromatic N) is 4. The van der Waals surface area contributed by atoms with Gasteiger partial charge in [0.1, 0.15) is 5.82 Å². The zero-order valence-corrected chi connectivity index (χ0v) is 18.5. The van der Waals surface area contributed by atoms with Gasteiger partial charge in [-0.1, -0.05) is 24.8 Å². The van der Waals surface area contributed by atoms with E-state index in [1.807, 2.05) is 33.6 Å². The van der Waals surface area contributed by atoms with Gasteiger partial charge in [-0.3, -0.25) is 14.0 Å². The van der Waals surface area contributed by atoms with Crippen molar-refractivity contribution < 1.29 is 9.59 Å². The standard InChI is InChI=1S/C26H24N6O2/c1-2-24(33)31-14-11-19(16-31)20-15-22(32-21(20)10-13-29-26(32)27)17-6-8-18(9-7-17)25(34)30-23-5-3-4-12-28-23/h2-10,12-13,15,19H,1,11,14,16H2,(H2,27,29)(H,28,30,34). The molecule has 5 rings (SSSR count). The van der Waals surface area contributed by atoms with Gasteiger partial charge >= 0.3 is 0 Å². The van der Waals surface area contributed by atoms with E-state index in [4.69, 9.17) is 5.73 Å². The second-order valence-corrected chi connectivity index (χ2v) is 8.23. The van der Waals surface area contributed by atoms with Gasteiger partial charge in [0.25, 0.3) is 5.91 Å². The van der Waals surface area contributed by atoms with Crippen LogP contribution in [0.3, 0.4) is 0 Å². The largest absolute Gasteiger partial charge is 0.369 e. The summed E-state index contributed by atoms with van der Waals surface area (Å²) in [6.07, 6.45) is 5.56. The molecule has 3 aromatic heterocycles. The first-order chi connectivity index (χ1) is 16.5. The predicted molar refractivity (Wildman–Crippen MR) is 131 cm³/mol. The summed E-state index contributed by atoms with van der Waals surface area (Å²) in [5.41, 5.74) is 10.7. The van der Waals surface area contributed by atoms with Crippen LogP contribution in [0.1, 0.15) is 28.3 Å². The Balaban J connectivity index is 1.46. The number of anilines is 2. The summed E-state index contributed by atoms with van der Waals surface area (Å²) in [6, 6.07) is 16.8. The number of carbonyl (C=O) groups is 2. The fourth-order valence-electron chi connectivity index (χ4n) is 4.50. The number of hydrogen-bond acceptors (Lipinski definition) is 5. The Labute approximate surface area is 196 Å². The Bertz CT molecular complexity index is 1380. The van der Waals surface area contributed by atoms with Gasteiger partial charge in [0, 0.05) is 37.0 Å². The number of fused-ring (bicyclic) bond motifs is 1. The zero-order chi connectivity index (χ0) is 23.7. The minimum atomic E-state index is -0.231. The Kier molecular flexibility index (Phi) is 5.55. The number of rotatable bonds is 5. The first-order valence-electron chi connectivity index (χ1n) is 11.0. The molecule has 34 heavy (non-hydrogen) atoms. The molecule has 1 fully saturated rings. The second-order valence-electron chi connectivity index (χ2n) is 8.23. The third kappa shape index (κ3) is 3.90. The lowest BCUT2D eigenvalue weighted by molar-refractivity contribution is -0.125. The van der Waals surface area contributed by atoms with Crippen molar-refractivity contribution in [3.63, 3.8) is 0 Å². The Morgan fingerprint density at radius 2 is 1.91 bits per heavy atom. The lowest BCUT2D eigenvalue weighted by Crippen LogP contribution is -2.26. The number of likely N-dealkylation sites (tertiary alicyclic amines) is 1. The quantitative estimate of drug-likeness (QED) is 0.449. The van der Waals surface area contributed by atoms with Gasteiger partial charge in [-0.05, 0) is 60.0 Å². The minimum Gasteiger partial charge on any atom is -0.369 e. The number of benzene rings is 1. The molecule has 0 spiro atoms. The van der Waals surface area contributed by atoms with E-state index in [2.05, 4.69) is 27.9 Å². The molecule has 0 bridgehead atoms. The van der Waals surface area contributed by atoms with E-state index in [1.165, 1.54) is 6.08 Å². The van der Waals surface area contributed by atoms with Crippen molar-refractivity contribution in [2.75, 3.05) is 24.1 Å². The highest BCUT2D eigenvalue weighted by Crippen LogP contribution is 2.36. The fourth-order valence-corrected chi connectivity index (χ4v) is 4.50. The van der Waals surface area contributed by atoms with Gasteiger partial charge in [-0.25, -0.2) is 9.97 Å². The fraction of sp³-hybridized carbons (Fsp3) is 0.154. The van der Waals surface area contributed by atoms with Crippen LogP contribution in [0.15, 0.2) is 79.6 Å². The van der Waals surface area contributed by atoms with Gasteiger partial charge in [0.2, 0.25) is 11.9 Å². The smallest absolute Gasteiger partial charge is 0.256 e. The number of hydrogen-bond donors (Lipinski definition) is 2. The molecule has 3 N–H and O–H groups in total. The van der Waals surface area contributed by atoms with Crippen molar-refractivity contribution in [3.05, 3.63) is 90.8 Å². The van der Waals surface area contributed by atoms with Crippen molar-refractivity contribution in [2.45, 2.75) is 12.3 Å². The van der Waals surface area contributed by atoms with Gasteiger partial charge in [0.15, 0.2) is 0 Å². The Hall–Kier alpha value is -4.46. The molecule has 0 radical (unpaired) electrons. The summed E-state index contributed by atoms with van der Waals surface area (Å²) in [6.45, 7) is 4.93. The van der Waals surface area contributed by atoms with Crippen LogP contribution in [0, 0.1) is 0 Å². The third-order valence-corrected chi connectivity index (χ3v) is 6.20. The Morgan fingerprint density at radius 1 is 1.09 bits per heavy atom. The first-order valence-corrected chi connectivity index (χ1v) is 11.0. The van der Waals surface area contributed by atoms with Crippen LogP contribution in [0.4, 0.5) is 11.8 Å². The minimum absolute atomic E-state index is 0.0491. The van der Waals surface area contributed by atoms with E-state index >= 15 is 0 Å². The summed E-state index contributed by atoms with van der Waals surface area (Å²) in [7, 11) is 0. The highest BCUT2D eigenvalue weighted by molar-refractivity contribution is 6.04. The van der Waals surface area contributed by atoms with Gasteiger partial charge in [-0.2, -0.15) is 0 Å². The van der Waals surface area contributed by atoms with Crippen LogP contribution < -0.4 is 11.1 Å². The van der Waals surface area contributed by atoms with Crippen molar-refractivity contribution in [1.29, 1.82) is 0 Å². The van der Waals surface area contributed by atoms with E-state index < -0.39 is 0 Å². The molecule has 8 heteroatoms. The van der Waals surface area contributed by atoms with Crippen LogP contribution in [-0.4, -0.2) is 44.2 Å². The molecule has 1 unspecified atom stereocenters. The molecule has 8 nitrogen and oxygen atoms in total. The zero-order valence-electron chi connectivity index (χ0n) is 18.5. The summed E-state index contributed by atoms with van der Waals surface area (Å²) in [5, 5.41) is 2.79. The molecule has 2 amide bonds. The SMILES string of the molecule is C=CC(=O)N1CCC(c2cc(-c3ccc(C(=O)Nc4ccccn4)cc3)n3c(N)nccc23)C1. The summed E-state index contributed by atoms with van der Waals surface area (Å²) >= 11 is 0. The molecule has 4 aromatic rings. The maximum Gasteiger partial charge on any atom is 0.256 e. The summed E-state index contributed by atoms with van der Waals surface area (Å²) in [4.78, 5) is 34.9. The Morgan fingerprint density at radius 3 is 2.65 bits per heavy atom. The normalized spacial score (nSPS) is 15.4. The van der Waals surface area contributed by atoms with Crippen LogP contribution in [0.25, 0.3) is 16.8 Å². The van der Waals surface area contributed by atoms with Crippen molar-refractivity contribution in [3.8, 4) is 11.3 Å². The van der Waals surface area contributed by atoms with Gasteiger partial charge in [0.05, 0.1) is 11.2 Å². The number of nitrogens with two attached hydrogens (primary N) is 1. The van der Waals surface area contributed by atoms with Crippen molar-refractivity contribution >= 4 is 29.1 Å².